The standard InChI is InChI=1S/C30H30FN3O5.CH5N/c1-4-34(5-2)25-15-26-24(27(30(38)32-3)28(39-26)18-9-11-21(31)12-10-18)14-23(25)19-7-6-8-20(13-19)29(37)33-22(16-35)17-36;1-2/h6-16,22,36H,4-5,17H2,1-3H3,(H,32,38)(H,33,37);2H2,1H3. The summed E-state index contributed by atoms with van der Waals surface area (Å²) in [7, 11) is 3.03. The van der Waals surface area contributed by atoms with Crippen molar-refractivity contribution in [2.24, 2.45) is 5.73 Å². The first kappa shape index (κ1) is 31.0. The summed E-state index contributed by atoms with van der Waals surface area (Å²) in [6, 6.07) is 15.4. The van der Waals surface area contributed by atoms with Gasteiger partial charge in [0.05, 0.1) is 12.2 Å². The van der Waals surface area contributed by atoms with Crippen molar-refractivity contribution in [1.82, 2.24) is 10.6 Å². The van der Waals surface area contributed by atoms with Gasteiger partial charge in [0.2, 0.25) is 0 Å². The van der Waals surface area contributed by atoms with Gasteiger partial charge in [0.1, 0.15) is 29.5 Å². The molecule has 9 nitrogen and oxygen atoms in total. The summed E-state index contributed by atoms with van der Waals surface area (Å²) in [5, 5.41) is 15.0. The van der Waals surface area contributed by atoms with Crippen LogP contribution in [0.1, 0.15) is 34.6 Å². The molecule has 4 rings (SSSR count). The van der Waals surface area contributed by atoms with E-state index in [2.05, 4.69) is 21.3 Å². The Kier molecular flexibility index (Phi) is 10.7. The quantitative estimate of drug-likeness (QED) is 0.215. The monoisotopic (exact) mass is 562 g/mol. The Hall–Kier alpha value is -4.54. The van der Waals surface area contributed by atoms with Gasteiger partial charge in [-0.05, 0) is 68.9 Å². The summed E-state index contributed by atoms with van der Waals surface area (Å²) < 4.78 is 19.8. The van der Waals surface area contributed by atoms with E-state index in [0.29, 0.717) is 58.4 Å². The average molecular weight is 563 g/mol. The molecule has 5 N–H and O–H groups in total. The highest BCUT2D eigenvalue weighted by Crippen LogP contribution is 2.41. The molecule has 0 spiro atoms. The van der Waals surface area contributed by atoms with Crippen molar-refractivity contribution in [3.63, 3.8) is 0 Å². The second kappa shape index (κ2) is 14.2. The SMILES string of the molecule is CCN(CC)c1cc2oc(-c3ccc(F)cc3)c(C(=O)NC)c2cc1-c1cccc(C(=O)NC(C=O)CO)c1.CN. The van der Waals surface area contributed by atoms with Crippen molar-refractivity contribution in [3.05, 3.63) is 77.6 Å². The van der Waals surface area contributed by atoms with Gasteiger partial charge < -0.3 is 35.6 Å². The summed E-state index contributed by atoms with van der Waals surface area (Å²) >= 11 is 0. The van der Waals surface area contributed by atoms with Crippen LogP contribution in [-0.2, 0) is 4.79 Å². The van der Waals surface area contributed by atoms with E-state index in [0.717, 1.165) is 11.3 Å². The molecule has 2 amide bonds. The molecule has 0 aliphatic rings. The van der Waals surface area contributed by atoms with E-state index in [-0.39, 0.29) is 5.91 Å². The summed E-state index contributed by atoms with van der Waals surface area (Å²) in [4.78, 5) is 39.1. The Balaban J connectivity index is 0.00000226. The van der Waals surface area contributed by atoms with E-state index >= 15 is 0 Å². The van der Waals surface area contributed by atoms with Gasteiger partial charge in [0, 0.05) is 54.0 Å². The number of anilines is 1. The number of nitrogens with one attached hydrogen (secondary N) is 2. The molecule has 1 heterocycles. The number of carbonyl (C=O) groups is 3. The molecule has 0 saturated heterocycles. The first-order valence-corrected chi connectivity index (χ1v) is 13.2. The molecule has 41 heavy (non-hydrogen) atoms. The van der Waals surface area contributed by atoms with Crippen LogP contribution >= 0.6 is 0 Å². The number of halogens is 1. The predicted molar refractivity (Wildman–Crippen MR) is 159 cm³/mol. The number of benzene rings is 3. The number of carbonyl (C=O) groups excluding carboxylic acids is 3. The number of aliphatic hydroxyl groups is 1. The third kappa shape index (κ3) is 6.62. The molecule has 0 aliphatic heterocycles. The maximum atomic E-state index is 13.6. The number of nitrogens with two attached hydrogens (primary N) is 1. The molecule has 1 atom stereocenters. The van der Waals surface area contributed by atoms with Crippen LogP contribution in [0.25, 0.3) is 33.4 Å². The lowest BCUT2D eigenvalue weighted by atomic mass is 9.96. The van der Waals surface area contributed by atoms with Crippen molar-refractivity contribution in [1.29, 1.82) is 0 Å². The van der Waals surface area contributed by atoms with Crippen molar-refractivity contribution in [2.75, 3.05) is 38.7 Å². The minimum Gasteiger partial charge on any atom is -0.455 e. The van der Waals surface area contributed by atoms with Crippen LogP contribution in [0.4, 0.5) is 10.1 Å². The molecule has 0 radical (unpaired) electrons. The second-order valence-electron chi connectivity index (χ2n) is 8.91. The van der Waals surface area contributed by atoms with E-state index in [1.165, 1.54) is 26.2 Å². The molecule has 1 aromatic heterocycles. The lowest BCUT2D eigenvalue weighted by molar-refractivity contribution is -0.110. The van der Waals surface area contributed by atoms with Gasteiger partial charge in [-0.2, -0.15) is 0 Å². The lowest BCUT2D eigenvalue weighted by Gasteiger charge is -2.24. The number of furan rings is 1. The molecule has 1 unspecified atom stereocenters. The molecule has 4 aromatic rings. The van der Waals surface area contributed by atoms with Crippen LogP contribution in [-0.4, -0.2) is 63.0 Å². The van der Waals surface area contributed by atoms with Crippen molar-refractivity contribution in [2.45, 2.75) is 19.9 Å². The van der Waals surface area contributed by atoms with Crippen LogP contribution in [0.2, 0.25) is 0 Å². The number of amides is 2. The number of hydrogen-bond donors (Lipinski definition) is 4. The smallest absolute Gasteiger partial charge is 0.255 e. The summed E-state index contributed by atoms with van der Waals surface area (Å²) in [5.74, 6) is -0.929. The van der Waals surface area contributed by atoms with Crippen molar-refractivity contribution >= 4 is 34.8 Å². The predicted octanol–water partition coefficient (Wildman–Crippen LogP) is 3.98. The molecule has 3 aromatic carbocycles. The van der Waals surface area contributed by atoms with Gasteiger partial charge in [0.25, 0.3) is 11.8 Å². The van der Waals surface area contributed by atoms with Crippen LogP contribution in [0.5, 0.6) is 0 Å². The van der Waals surface area contributed by atoms with Gasteiger partial charge in [0.15, 0.2) is 0 Å². The van der Waals surface area contributed by atoms with Gasteiger partial charge in [-0.15, -0.1) is 0 Å². The Labute approximate surface area is 238 Å². The zero-order valence-corrected chi connectivity index (χ0v) is 23.5. The van der Waals surface area contributed by atoms with Crippen molar-refractivity contribution in [3.8, 4) is 22.5 Å². The van der Waals surface area contributed by atoms with Crippen molar-refractivity contribution < 1.29 is 28.3 Å². The Morgan fingerprint density at radius 2 is 1.71 bits per heavy atom. The third-order valence-electron chi connectivity index (χ3n) is 6.58. The minimum absolute atomic E-state index is 0.309. The van der Waals surface area contributed by atoms with Gasteiger partial charge in [-0.1, -0.05) is 12.1 Å². The van der Waals surface area contributed by atoms with Crippen LogP contribution in [0.15, 0.2) is 65.1 Å². The highest BCUT2D eigenvalue weighted by Gasteiger charge is 2.25. The maximum absolute atomic E-state index is 13.6. The topological polar surface area (TPSA) is 138 Å². The zero-order valence-electron chi connectivity index (χ0n) is 23.5. The minimum atomic E-state index is -1.00. The maximum Gasteiger partial charge on any atom is 0.255 e. The highest BCUT2D eigenvalue weighted by atomic mass is 19.1. The van der Waals surface area contributed by atoms with Gasteiger partial charge in [-0.3, -0.25) is 9.59 Å². The summed E-state index contributed by atoms with van der Waals surface area (Å²) in [6.45, 7) is 4.94. The largest absolute Gasteiger partial charge is 0.455 e. The molecular weight excluding hydrogens is 527 g/mol. The summed E-state index contributed by atoms with van der Waals surface area (Å²) in [5.41, 5.74) is 8.50. The van der Waals surface area contributed by atoms with E-state index < -0.39 is 24.4 Å². The molecule has 216 valence electrons. The van der Waals surface area contributed by atoms with E-state index in [9.17, 15) is 23.9 Å². The summed E-state index contributed by atoms with van der Waals surface area (Å²) in [6.07, 6.45) is 0.478. The first-order valence-electron chi connectivity index (χ1n) is 13.2. The van der Waals surface area contributed by atoms with Gasteiger partial charge in [-0.25, -0.2) is 4.39 Å². The fourth-order valence-electron chi connectivity index (χ4n) is 4.55. The Morgan fingerprint density at radius 1 is 1.02 bits per heavy atom. The number of nitrogens with zero attached hydrogens (tertiary/aromatic N) is 1. The molecular formula is C31H35FN4O5. The number of aliphatic hydroxyl groups excluding tert-OH is 1. The van der Waals surface area contributed by atoms with Crippen LogP contribution in [0, 0.1) is 5.82 Å². The van der Waals surface area contributed by atoms with E-state index in [1.54, 1.807) is 30.3 Å². The van der Waals surface area contributed by atoms with E-state index in [4.69, 9.17) is 4.42 Å². The van der Waals surface area contributed by atoms with Crippen LogP contribution < -0.4 is 21.3 Å². The second-order valence-corrected chi connectivity index (χ2v) is 8.91. The normalized spacial score (nSPS) is 11.3. The Morgan fingerprint density at radius 3 is 2.29 bits per heavy atom. The number of hydrogen-bond acceptors (Lipinski definition) is 7. The average Bonchev–Trinajstić information content (AvgIpc) is 3.39. The fraction of sp³-hybridized carbons (Fsp3) is 0.258. The van der Waals surface area contributed by atoms with Gasteiger partial charge >= 0.3 is 0 Å². The first-order chi connectivity index (χ1) is 19.8. The highest BCUT2D eigenvalue weighted by molar-refractivity contribution is 6.13. The molecule has 0 aliphatic carbocycles. The number of rotatable bonds is 10. The molecule has 0 fully saturated rings. The van der Waals surface area contributed by atoms with E-state index in [1.807, 2.05) is 32.0 Å². The Bertz CT molecular complexity index is 1510. The number of fused-ring (bicyclic) bond motifs is 1. The number of aldehydes is 1. The molecule has 0 bridgehead atoms. The molecule has 0 saturated carbocycles. The lowest BCUT2D eigenvalue weighted by Crippen LogP contribution is -2.38. The third-order valence-corrected chi connectivity index (χ3v) is 6.58. The van der Waals surface area contributed by atoms with Crippen LogP contribution in [0.3, 0.4) is 0 Å². The molecule has 10 heteroatoms. The zero-order chi connectivity index (χ0) is 30.1. The fourth-order valence-corrected chi connectivity index (χ4v) is 4.55.